The van der Waals surface area contributed by atoms with Crippen LogP contribution in [0.25, 0.3) is 33.8 Å². The Bertz CT molecular complexity index is 2230. The summed E-state index contributed by atoms with van der Waals surface area (Å²) in [4.78, 5) is 17.6. The predicted octanol–water partition coefficient (Wildman–Crippen LogP) is 7.72. The van der Waals surface area contributed by atoms with E-state index in [9.17, 15) is 0 Å². The average molecular weight is 821 g/mol. The molecule has 0 saturated heterocycles. The van der Waals surface area contributed by atoms with Crippen molar-refractivity contribution in [2.75, 3.05) is 0 Å². The molecule has 4 aromatic carbocycles. The Morgan fingerprint density at radius 2 is 1.21 bits per heavy atom. The van der Waals surface area contributed by atoms with Gasteiger partial charge in [0, 0.05) is 43.1 Å². The molecular formula is C41H33IrN4OP-2. The monoisotopic (exact) mass is 821 g/mol. The minimum atomic E-state index is -3.04. The smallest absolute Gasteiger partial charge is 0.135 e. The van der Waals surface area contributed by atoms with E-state index < -0.39 is 7.14 Å². The first-order valence-electron chi connectivity index (χ1n) is 15.8. The Labute approximate surface area is 294 Å². The van der Waals surface area contributed by atoms with Crippen LogP contribution in [0.4, 0.5) is 0 Å². The number of hydrogen-bond acceptors (Lipinski definition) is 4. The van der Waals surface area contributed by atoms with Gasteiger partial charge in [-0.15, -0.1) is 28.8 Å². The topological polar surface area (TPSA) is 69.8 Å². The van der Waals surface area contributed by atoms with Gasteiger partial charge in [0.1, 0.15) is 7.14 Å². The van der Waals surface area contributed by atoms with Crippen molar-refractivity contribution in [3.05, 3.63) is 156 Å². The molecule has 0 bridgehead atoms. The summed E-state index contributed by atoms with van der Waals surface area (Å²) in [6, 6.07) is 42.0. The number of pyridine rings is 2. The van der Waals surface area contributed by atoms with Gasteiger partial charge in [-0.3, -0.25) is 4.98 Å². The van der Waals surface area contributed by atoms with Gasteiger partial charge in [0.2, 0.25) is 0 Å². The molecule has 3 aromatic heterocycles. The molecule has 9 rings (SSSR count). The second-order valence-electron chi connectivity index (χ2n) is 13.2. The SMILES string of the molecule is CC1(C)c2[c-]c(-c3ccccn3)cc3c2P(=O)(c2ccccc21)c1ccccc1C3(C)C.[Ir].c1ccc(-c2nc3ccccc3[n-]2)nc1. The maximum absolute atomic E-state index is 15.3. The van der Waals surface area contributed by atoms with Crippen molar-refractivity contribution in [2.45, 2.75) is 38.5 Å². The molecule has 48 heavy (non-hydrogen) atoms. The zero-order chi connectivity index (χ0) is 32.4. The van der Waals surface area contributed by atoms with E-state index in [1.165, 1.54) is 0 Å². The maximum Gasteiger partial charge on any atom is 0.135 e. The van der Waals surface area contributed by atoms with Crippen LogP contribution in [0.2, 0.25) is 0 Å². The third kappa shape index (κ3) is 4.86. The fourth-order valence-electron chi connectivity index (χ4n) is 7.21. The molecule has 0 saturated carbocycles. The molecular weight excluding hydrogens is 788 g/mol. The van der Waals surface area contributed by atoms with E-state index in [0.717, 1.165) is 66.2 Å². The van der Waals surface area contributed by atoms with Crippen LogP contribution in [0.1, 0.15) is 49.9 Å². The first kappa shape index (κ1) is 32.1. The van der Waals surface area contributed by atoms with Crippen molar-refractivity contribution in [3.8, 4) is 22.8 Å². The first-order valence-corrected chi connectivity index (χ1v) is 17.6. The van der Waals surface area contributed by atoms with Gasteiger partial charge in [-0.05, 0) is 62.7 Å². The van der Waals surface area contributed by atoms with Gasteiger partial charge >= 0.3 is 0 Å². The number of aromatic nitrogens is 4. The molecule has 0 spiro atoms. The Kier molecular flexibility index (Phi) is 7.95. The number of benzene rings is 4. The molecule has 0 amide bonds. The summed E-state index contributed by atoms with van der Waals surface area (Å²) in [5.41, 5.74) is 8.36. The molecule has 7 aromatic rings. The van der Waals surface area contributed by atoms with Crippen LogP contribution in [0, 0.1) is 6.07 Å². The number of imidazole rings is 1. The van der Waals surface area contributed by atoms with Crippen molar-refractivity contribution in [1.29, 1.82) is 0 Å². The average Bonchev–Trinajstić information content (AvgIpc) is 3.56. The minimum absolute atomic E-state index is 0. The largest absolute Gasteiger partial charge is 0.434 e. The molecule has 0 aliphatic carbocycles. The van der Waals surface area contributed by atoms with Crippen LogP contribution in [0.3, 0.4) is 0 Å². The van der Waals surface area contributed by atoms with Crippen LogP contribution in [0.15, 0.2) is 128 Å². The number of nitrogens with zero attached hydrogens (tertiary/aromatic N) is 4. The summed E-state index contributed by atoms with van der Waals surface area (Å²) in [7, 11) is -3.04. The summed E-state index contributed by atoms with van der Waals surface area (Å²) in [6.07, 6.45) is 3.57. The fourth-order valence-corrected chi connectivity index (χ4v) is 11.3. The van der Waals surface area contributed by atoms with Gasteiger partial charge < -0.3 is 19.5 Å². The van der Waals surface area contributed by atoms with E-state index in [0.29, 0.717) is 5.82 Å². The molecule has 1 unspecified atom stereocenters. The second-order valence-corrected chi connectivity index (χ2v) is 15.8. The second kappa shape index (κ2) is 11.9. The normalized spacial score (nSPS) is 17.5. The molecule has 1 radical (unpaired) electrons. The maximum atomic E-state index is 15.3. The van der Waals surface area contributed by atoms with E-state index in [4.69, 9.17) is 0 Å². The van der Waals surface area contributed by atoms with E-state index in [-0.39, 0.29) is 30.9 Å². The van der Waals surface area contributed by atoms with E-state index >= 15 is 4.57 Å². The van der Waals surface area contributed by atoms with Crippen molar-refractivity contribution in [2.24, 2.45) is 0 Å². The van der Waals surface area contributed by atoms with E-state index in [1.54, 1.807) is 6.20 Å². The number of hydrogen-bond donors (Lipinski definition) is 0. The van der Waals surface area contributed by atoms with Gasteiger partial charge in [0.05, 0.1) is 5.69 Å². The molecule has 5 heterocycles. The van der Waals surface area contributed by atoms with Gasteiger partial charge in [-0.1, -0.05) is 124 Å². The zero-order valence-electron chi connectivity index (χ0n) is 27.1. The standard InChI is InChI=1S/C29H25NOP.C12H8N3.Ir/c1-28(2)20-11-5-7-14-25(20)32(31)26-15-8-6-12-21(26)29(3,4)23-18-19(17-22(28)27(23)32)24-13-9-10-16-30-24;1-2-6-10-9(5-1)14-12(15-10)11-7-3-4-8-13-11;/h5-17H,1-4H3;1-8H;/q2*-1;. The third-order valence-corrected chi connectivity index (χ3v) is 12.9. The molecule has 2 aliphatic rings. The molecule has 2 aliphatic heterocycles. The molecule has 239 valence electrons. The van der Waals surface area contributed by atoms with Crippen LogP contribution in [0.5, 0.6) is 0 Å². The van der Waals surface area contributed by atoms with E-state index in [1.807, 2.05) is 79.0 Å². The first-order chi connectivity index (χ1) is 22.7. The van der Waals surface area contributed by atoms with Crippen molar-refractivity contribution in [1.82, 2.24) is 19.9 Å². The summed E-state index contributed by atoms with van der Waals surface area (Å²) >= 11 is 0. The van der Waals surface area contributed by atoms with Crippen LogP contribution in [-0.2, 0) is 35.5 Å². The quantitative estimate of drug-likeness (QED) is 0.132. The predicted molar refractivity (Wildman–Crippen MR) is 190 cm³/mol. The third-order valence-electron chi connectivity index (χ3n) is 9.66. The summed E-state index contributed by atoms with van der Waals surface area (Å²) in [6.45, 7) is 8.97. The number of rotatable bonds is 2. The Hall–Kier alpha value is -4.47. The van der Waals surface area contributed by atoms with Gasteiger partial charge in [-0.25, -0.2) is 0 Å². The summed E-state index contributed by atoms with van der Waals surface area (Å²) < 4.78 is 15.3. The van der Waals surface area contributed by atoms with Gasteiger partial charge in [-0.2, -0.15) is 0 Å². The van der Waals surface area contributed by atoms with Crippen molar-refractivity contribution in [3.63, 3.8) is 0 Å². The van der Waals surface area contributed by atoms with Crippen molar-refractivity contribution < 1.29 is 24.7 Å². The molecule has 5 nitrogen and oxygen atoms in total. The van der Waals surface area contributed by atoms with Gasteiger partial charge in [0.15, 0.2) is 0 Å². The molecule has 0 N–H and O–H groups in total. The molecule has 1 atom stereocenters. The summed E-state index contributed by atoms with van der Waals surface area (Å²) in [5, 5.41) is 2.94. The van der Waals surface area contributed by atoms with Crippen LogP contribution in [-0.4, -0.2) is 15.0 Å². The minimum Gasteiger partial charge on any atom is -0.434 e. The van der Waals surface area contributed by atoms with Crippen LogP contribution >= 0.6 is 7.14 Å². The number of para-hydroxylation sites is 2. The Morgan fingerprint density at radius 1 is 0.646 bits per heavy atom. The Balaban J connectivity index is 0.000000191. The number of fused-ring (bicyclic) bond motifs is 5. The molecule has 0 fully saturated rings. The van der Waals surface area contributed by atoms with Gasteiger partial charge in [0.25, 0.3) is 0 Å². The van der Waals surface area contributed by atoms with E-state index in [2.05, 4.69) is 96.2 Å². The zero-order valence-corrected chi connectivity index (χ0v) is 30.4. The molecule has 7 heteroatoms. The summed E-state index contributed by atoms with van der Waals surface area (Å²) in [5.74, 6) is 0.691. The van der Waals surface area contributed by atoms with Crippen molar-refractivity contribution >= 4 is 34.1 Å². The Morgan fingerprint density at radius 3 is 1.83 bits per heavy atom. The van der Waals surface area contributed by atoms with Crippen LogP contribution < -0.4 is 20.9 Å². The fraction of sp³-hybridized carbons (Fsp3) is 0.146.